The molecule has 1 aromatic heterocycles. The van der Waals surface area contributed by atoms with Crippen LogP contribution < -0.4 is 4.72 Å². The Morgan fingerprint density at radius 2 is 1.90 bits per heavy atom. The van der Waals surface area contributed by atoms with Crippen LogP contribution in [-0.4, -0.2) is 31.9 Å². The van der Waals surface area contributed by atoms with Crippen molar-refractivity contribution in [2.24, 2.45) is 0 Å². The molecule has 0 radical (unpaired) electrons. The first-order valence-electron chi connectivity index (χ1n) is 5.96. The average Bonchev–Trinajstić information content (AvgIpc) is 2.28. The summed E-state index contributed by atoms with van der Waals surface area (Å²) in [4.78, 5) is 3.23. The van der Waals surface area contributed by atoms with Gasteiger partial charge in [-0.15, -0.1) is 0 Å². The van der Waals surface area contributed by atoms with Gasteiger partial charge in [0.1, 0.15) is 5.69 Å². The molecule has 5 nitrogen and oxygen atoms in total. The van der Waals surface area contributed by atoms with Gasteiger partial charge >= 0.3 is 6.18 Å². The number of nitrogens with one attached hydrogen (secondary N) is 1. The second-order valence-corrected chi connectivity index (χ2v) is 6.93. The van der Waals surface area contributed by atoms with Gasteiger partial charge in [0.15, 0.2) is 0 Å². The van der Waals surface area contributed by atoms with Gasteiger partial charge in [0.05, 0.1) is 23.2 Å². The van der Waals surface area contributed by atoms with Gasteiger partial charge in [0.25, 0.3) is 0 Å². The fourth-order valence-electron chi connectivity index (χ4n) is 1.54. The summed E-state index contributed by atoms with van der Waals surface area (Å²) in [6.45, 7) is 4.55. The van der Waals surface area contributed by atoms with Crippen LogP contribution in [0.15, 0.2) is 12.3 Å². The van der Waals surface area contributed by atoms with Crippen molar-refractivity contribution in [2.45, 2.75) is 32.5 Å². The maximum absolute atomic E-state index is 12.5. The molecule has 0 aliphatic heterocycles. The van der Waals surface area contributed by atoms with Crippen LogP contribution in [0.1, 0.15) is 25.1 Å². The Kier molecular flexibility index (Phi) is 4.89. The zero-order valence-corrected chi connectivity index (χ0v) is 12.9. The summed E-state index contributed by atoms with van der Waals surface area (Å²) >= 11 is 0. The van der Waals surface area contributed by atoms with E-state index in [1.807, 2.05) is 0 Å². The Labute approximate surface area is 121 Å². The van der Waals surface area contributed by atoms with Crippen molar-refractivity contribution >= 4 is 15.7 Å². The minimum absolute atomic E-state index is 0.00917. The predicted molar refractivity (Wildman–Crippen MR) is 72.5 cm³/mol. The third kappa shape index (κ3) is 5.16. The monoisotopic (exact) mass is 326 g/mol. The van der Waals surface area contributed by atoms with Crippen molar-refractivity contribution in [3.63, 3.8) is 0 Å². The maximum atomic E-state index is 12.5. The highest BCUT2D eigenvalue weighted by Gasteiger charge is 2.33. The third-order valence-corrected chi connectivity index (χ3v) is 4.36. The number of hydrogen-bond donors (Lipinski definition) is 1. The topological polar surface area (TPSA) is 68.3 Å². The quantitative estimate of drug-likeness (QED) is 0.903. The van der Waals surface area contributed by atoms with Crippen molar-refractivity contribution in [3.05, 3.63) is 23.5 Å². The molecule has 0 amide bonds. The molecule has 0 aliphatic carbocycles. The van der Waals surface area contributed by atoms with Crippen molar-refractivity contribution < 1.29 is 26.3 Å². The molecule has 1 N–H and O–H groups in total. The fourth-order valence-corrected chi connectivity index (χ4v) is 3.19. The number of halogens is 3. The maximum Gasteiger partial charge on any atom is 0.433 e. The molecule has 21 heavy (non-hydrogen) atoms. The van der Waals surface area contributed by atoms with E-state index in [1.165, 1.54) is 14.0 Å². The van der Waals surface area contributed by atoms with Gasteiger partial charge in [-0.2, -0.15) is 13.2 Å². The minimum atomic E-state index is -4.57. The van der Waals surface area contributed by atoms with E-state index in [4.69, 9.17) is 4.74 Å². The summed E-state index contributed by atoms with van der Waals surface area (Å²) in [6, 6.07) is 0.791. The SMILES string of the molecule is COC(C)(C)CS(=O)(=O)Nc1cnc(C(F)(F)F)cc1C. The van der Waals surface area contributed by atoms with Crippen LogP contribution >= 0.6 is 0 Å². The number of hydrogen-bond acceptors (Lipinski definition) is 4. The molecule has 0 bridgehead atoms. The molecule has 0 saturated heterocycles. The van der Waals surface area contributed by atoms with Gasteiger partial charge in [-0.25, -0.2) is 13.4 Å². The first-order chi connectivity index (χ1) is 9.36. The Hall–Kier alpha value is -1.35. The van der Waals surface area contributed by atoms with Gasteiger partial charge < -0.3 is 4.74 Å². The Balaban J connectivity index is 2.99. The first-order valence-corrected chi connectivity index (χ1v) is 7.61. The van der Waals surface area contributed by atoms with Crippen LogP contribution in [0.25, 0.3) is 0 Å². The first kappa shape index (κ1) is 17.7. The molecule has 0 fully saturated rings. The molecule has 0 spiro atoms. The normalized spacial score (nSPS) is 13.3. The largest absolute Gasteiger partial charge is 0.433 e. The number of pyridine rings is 1. The van der Waals surface area contributed by atoms with E-state index in [-0.39, 0.29) is 17.0 Å². The van der Waals surface area contributed by atoms with Crippen molar-refractivity contribution in [1.29, 1.82) is 0 Å². The number of aryl methyl sites for hydroxylation is 1. The standard InChI is InChI=1S/C12H17F3N2O3S/c1-8-5-10(12(13,14)15)16-6-9(8)17-21(18,19)7-11(2,3)20-4/h5-6,17H,7H2,1-4H3. The fraction of sp³-hybridized carbons (Fsp3) is 0.583. The Morgan fingerprint density at radius 1 is 1.33 bits per heavy atom. The van der Waals surface area contributed by atoms with E-state index < -0.39 is 27.5 Å². The van der Waals surface area contributed by atoms with E-state index in [9.17, 15) is 21.6 Å². The summed E-state index contributed by atoms with van der Waals surface area (Å²) in [5.41, 5.74) is -1.84. The van der Waals surface area contributed by atoms with Gasteiger partial charge in [0, 0.05) is 7.11 Å². The highest BCUT2D eigenvalue weighted by molar-refractivity contribution is 7.92. The summed E-state index contributed by atoms with van der Waals surface area (Å²) in [6.07, 6.45) is -3.71. The van der Waals surface area contributed by atoms with E-state index in [0.29, 0.717) is 0 Å². The zero-order chi connectivity index (χ0) is 16.5. The lowest BCUT2D eigenvalue weighted by Gasteiger charge is -2.23. The molecule has 0 atom stereocenters. The molecule has 120 valence electrons. The summed E-state index contributed by atoms with van der Waals surface area (Å²) in [7, 11) is -2.40. The number of sulfonamides is 1. The zero-order valence-electron chi connectivity index (χ0n) is 12.1. The van der Waals surface area contributed by atoms with Crippen LogP contribution in [0.2, 0.25) is 0 Å². The van der Waals surface area contributed by atoms with Crippen molar-refractivity contribution in [2.75, 3.05) is 17.6 Å². The molecule has 0 saturated carbocycles. The number of aromatic nitrogens is 1. The predicted octanol–water partition coefficient (Wildman–Crippen LogP) is 2.58. The van der Waals surface area contributed by atoms with Crippen molar-refractivity contribution in [1.82, 2.24) is 4.98 Å². The van der Waals surface area contributed by atoms with Crippen LogP contribution in [0.3, 0.4) is 0 Å². The second-order valence-electron chi connectivity index (χ2n) is 5.21. The highest BCUT2D eigenvalue weighted by Crippen LogP contribution is 2.29. The molecular weight excluding hydrogens is 309 g/mol. The molecule has 0 aliphatic rings. The van der Waals surface area contributed by atoms with Gasteiger partial charge in [-0.3, -0.25) is 4.72 Å². The molecule has 1 aromatic rings. The lowest BCUT2D eigenvalue weighted by molar-refractivity contribution is -0.141. The number of anilines is 1. The molecule has 0 aromatic carbocycles. The van der Waals surface area contributed by atoms with E-state index >= 15 is 0 Å². The molecule has 9 heteroatoms. The minimum Gasteiger partial charge on any atom is -0.378 e. The van der Waals surface area contributed by atoms with Crippen molar-refractivity contribution in [3.8, 4) is 0 Å². The van der Waals surface area contributed by atoms with Crippen LogP contribution in [-0.2, 0) is 20.9 Å². The van der Waals surface area contributed by atoms with Crippen LogP contribution in [0, 0.1) is 6.92 Å². The van der Waals surface area contributed by atoms with Crippen LogP contribution in [0.5, 0.6) is 0 Å². The van der Waals surface area contributed by atoms with E-state index in [0.717, 1.165) is 12.3 Å². The summed E-state index contributed by atoms with van der Waals surface area (Å²) in [5, 5.41) is 0. The third-order valence-electron chi connectivity index (χ3n) is 2.76. The van der Waals surface area contributed by atoms with Gasteiger partial charge in [-0.1, -0.05) is 0 Å². The summed E-state index contributed by atoms with van der Waals surface area (Å²) < 4.78 is 68.6. The van der Waals surface area contributed by atoms with Gasteiger partial charge in [-0.05, 0) is 32.4 Å². The lowest BCUT2D eigenvalue weighted by Crippen LogP contribution is -2.35. The molecule has 0 unspecified atom stereocenters. The number of methoxy groups -OCH3 is 1. The molecule has 1 heterocycles. The summed E-state index contributed by atoms with van der Waals surface area (Å²) in [5.74, 6) is -0.336. The van der Waals surface area contributed by atoms with E-state index in [2.05, 4.69) is 9.71 Å². The number of nitrogens with zero attached hydrogens (tertiary/aromatic N) is 1. The Morgan fingerprint density at radius 3 is 2.33 bits per heavy atom. The Bertz CT molecular complexity index is 613. The average molecular weight is 326 g/mol. The molecular formula is C12H17F3N2O3S. The highest BCUT2D eigenvalue weighted by atomic mass is 32.2. The van der Waals surface area contributed by atoms with Crippen LogP contribution in [0.4, 0.5) is 18.9 Å². The lowest BCUT2D eigenvalue weighted by atomic mass is 10.2. The smallest absolute Gasteiger partial charge is 0.378 e. The van der Waals surface area contributed by atoms with Gasteiger partial charge in [0.2, 0.25) is 10.0 Å². The number of alkyl halides is 3. The van der Waals surface area contributed by atoms with E-state index in [1.54, 1.807) is 13.8 Å². The number of ether oxygens (including phenoxy) is 1. The molecule has 1 rings (SSSR count). The second kappa shape index (κ2) is 5.80. The number of rotatable bonds is 5.